The lowest BCUT2D eigenvalue weighted by atomic mass is 10.0. The maximum absolute atomic E-state index is 9.80. The van der Waals surface area contributed by atoms with E-state index in [1.54, 1.807) is 6.07 Å². The van der Waals surface area contributed by atoms with E-state index in [-0.39, 0.29) is 18.2 Å². The summed E-state index contributed by atoms with van der Waals surface area (Å²) in [5.41, 5.74) is 7.50. The second-order valence-electron chi connectivity index (χ2n) is 4.77. The van der Waals surface area contributed by atoms with E-state index in [9.17, 15) is 5.11 Å². The Hall–Kier alpha value is -0.840. The summed E-state index contributed by atoms with van der Waals surface area (Å²) >= 11 is 0. The molecule has 5 heteroatoms. The van der Waals surface area contributed by atoms with Crippen molar-refractivity contribution in [3.05, 3.63) is 23.5 Å². The molecule has 1 aliphatic heterocycles. The average molecular weight is 272 g/mol. The van der Waals surface area contributed by atoms with Gasteiger partial charge in [-0.25, -0.2) is 0 Å². The molecule has 2 rings (SSSR count). The molecule has 0 radical (unpaired) electrons. The van der Waals surface area contributed by atoms with Crippen LogP contribution in [0.3, 0.4) is 0 Å². The van der Waals surface area contributed by atoms with Crippen LogP contribution < -0.4 is 5.73 Å². The molecule has 0 spiro atoms. The van der Waals surface area contributed by atoms with Gasteiger partial charge >= 0.3 is 0 Å². The summed E-state index contributed by atoms with van der Waals surface area (Å²) in [6.07, 6.45) is 3.62. The molecular formula is C13H22ClN3O. The highest BCUT2D eigenvalue weighted by Crippen LogP contribution is 2.22. The van der Waals surface area contributed by atoms with Crippen molar-refractivity contribution in [1.82, 2.24) is 9.88 Å². The number of halogens is 1. The van der Waals surface area contributed by atoms with Gasteiger partial charge in [0.15, 0.2) is 0 Å². The first-order valence-corrected chi connectivity index (χ1v) is 6.30. The average Bonchev–Trinajstić information content (AvgIpc) is 2.34. The molecule has 0 bridgehead atoms. The highest BCUT2D eigenvalue weighted by molar-refractivity contribution is 5.85. The lowest BCUT2D eigenvalue weighted by Gasteiger charge is -2.34. The number of piperidine rings is 1. The molecule has 0 aromatic carbocycles. The maximum Gasteiger partial charge on any atom is 0.138 e. The van der Waals surface area contributed by atoms with E-state index in [0.29, 0.717) is 19.1 Å². The standard InChI is InChI=1S/C13H21N3O.ClH/c1-10-5-6-13(17)12(15-10)9-16-7-3-2-4-11(16)8-14;/h5-6,11,17H,2-4,7-9,14H2,1H3;1H. The van der Waals surface area contributed by atoms with Crippen molar-refractivity contribution < 1.29 is 5.11 Å². The van der Waals surface area contributed by atoms with Crippen LogP contribution in [0.25, 0.3) is 0 Å². The van der Waals surface area contributed by atoms with Crippen molar-refractivity contribution in [2.24, 2.45) is 5.73 Å². The van der Waals surface area contributed by atoms with Crippen LogP contribution in [0.15, 0.2) is 12.1 Å². The highest BCUT2D eigenvalue weighted by atomic mass is 35.5. The molecule has 1 aromatic heterocycles. The molecule has 1 aromatic rings. The molecule has 0 saturated carbocycles. The largest absolute Gasteiger partial charge is 0.506 e. The lowest BCUT2D eigenvalue weighted by molar-refractivity contribution is 0.141. The fourth-order valence-corrected chi connectivity index (χ4v) is 2.45. The Morgan fingerprint density at radius 3 is 2.94 bits per heavy atom. The number of hydrogen-bond acceptors (Lipinski definition) is 4. The van der Waals surface area contributed by atoms with Crippen molar-refractivity contribution in [1.29, 1.82) is 0 Å². The number of nitrogens with two attached hydrogens (primary N) is 1. The van der Waals surface area contributed by atoms with Gasteiger partial charge < -0.3 is 10.8 Å². The number of likely N-dealkylation sites (tertiary alicyclic amines) is 1. The van der Waals surface area contributed by atoms with Crippen LogP contribution in [-0.2, 0) is 6.54 Å². The zero-order chi connectivity index (χ0) is 12.3. The molecule has 1 aliphatic rings. The molecule has 3 N–H and O–H groups in total. The number of nitrogens with zero attached hydrogens (tertiary/aromatic N) is 2. The Bertz CT molecular complexity index is 386. The summed E-state index contributed by atoms with van der Waals surface area (Å²) in [6.45, 7) is 4.39. The Morgan fingerprint density at radius 1 is 1.44 bits per heavy atom. The fraction of sp³-hybridized carbons (Fsp3) is 0.615. The van der Waals surface area contributed by atoms with Crippen LogP contribution in [0.4, 0.5) is 0 Å². The Labute approximate surface area is 115 Å². The molecule has 102 valence electrons. The van der Waals surface area contributed by atoms with Crippen molar-refractivity contribution in [2.75, 3.05) is 13.1 Å². The molecule has 0 amide bonds. The summed E-state index contributed by atoms with van der Waals surface area (Å²) in [5, 5.41) is 9.80. The summed E-state index contributed by atoms with van der Waals surface area (Å²) in [6, 6.07) is 3.99. The van der Waals surface area contributed by atoms with Gasteiger partial charge in [-0.1, -0.05) is 6.42 Å². The van der Waals surface area contributed by atoms with E-state index in [1.807, 2.05) is 13.0 Å². The molecule has 1 saturated heterocycles. The van der Waals surface area contributed by atoms with Gasteiger partial charge in [0.2, 0.25) is 0 Å². The van der Waals surface area contributed by atoms with Gasteiger partial charge in [-0.15, -0.1) is 12.4 Å². The monoisotopic (exact) mass is 271 g/mol. The van der Waals surface area contributed by atoms with Gasteiger partial charge in [0, 0.05) is 24.8 Å². The van der Waals surface area contributed by atoms with Crippen molar-refractivity contribution >= 4 is 12.4 Å². The van der Waals surface area contributed by atoms with Gasteiger partial charge in [-0.2, -0.15) is 0 Å². The number of aromatic nitrogens is 1. The quantitative estimate of drug-likeness (QED) is 0.881. The van der Waals surface area contributed by atoms with Gasteiger partial charge in [-0.3, -0.25) is 9.88 Å². The summed E-state index contributed by atoms with van der Waals surface area (Å²) < 4.78 is 0. The zero-order valence-corrected chi connectivity index (χ0v) is 11.6. The first kappa shape index (κ1) is 15.2. The zero-order valence-electron chi connectivity index (χ0n) is 10.8. The number of rotatable bonds is 3. The fourth-order valence-electron chi connectivity index (χ4n) is 2.45. The predicted molar refractivity (Wildman–Crippen MR) is 75.0 cm³/mol. The first-order chi connectivity index (χ1) is 8.20. The molecule has 0 aliphatic carbocycles. The SMILES string of the molecule is Cc1ccc(O)c(CN2CCCCC2CN)n1.Cl. The van der Waals surface area contributed by atoms with Crippen LogP contribution in [0.1, 0.15) is 30.7 Å². The molecule has 1 fully saturated rings. The topological polar surface area (TPSA) is 62.4 Å². The Balaban J connectivity index is 0.00000162. The summed E-state index contributed by atoms with van der Waals surface area (Å²) in [7, 11) is 0. The highest BCUT2D eigenvalue weighted by Gasteiger charge is 2.22. The van der Waals surface area contributed by atoms with E-state index in [0.717, 1.165) is 24.4 Å². The minimum absolute atomic E-state index is 0. The van der Waals surface area contributed by atoms with Gasteiger partial charge in [-0.05, 0) is 38.4 Å². The van der Waals surface area contributed by atoms with Crippen LogP contribution in [0.2, 0.25) is 0 Å². The lowest BCUT2D eigenvalue weighted by Crippen LogP contribution is -2.43. The van der Waals surface area contributed by atoms with E-state index in [1.165, 1.54) is 12.8 Å². The van der Waals surface area contributed by atoms with Crippen LogP contribution in [-0.4, -0.2) is 34.1 Å². The predicted octanol–water partition coefficient (Wildman–Crippen LogP) is 1.83. The Kier molecular flexibility index (Phi) is 5.85. The number of hydrogen-bond donors (Lipinski definition) is 2. The minimum atomic E-state index is 0. The van der Waals surface area contributed by atoms with Gasteiger partial charge in [0.25, 0.3) is 0 Å². The first-order valence-electron chi connectivity index (χ1n) is 6.30. The second kappa shape index (κ2) is 6.92. The maximum atomic E-state index is 9.80. The van der Waals surface area contributed by atoms with Crippen LogP contribution in [0.5, 0.6) is 5.75 Å². The van der Waals surface area contributed by atoms with E-state index < -0.39 is 0 Å². The summed E-state index contributed by atoms with van der Waals surface area (Å²) in [4.78, 5) is 6.74. The van der Waals surface area contributed by atoms with Gasteiger partial charge in [0.05, 0.1) is 5.69 Å². The van der Waals surface area contributed by atoms with Crippen LogP contribution >= 0.6 is 12.4 Å². The molecule has 2 heterocycles. The van der Waals surface area contributed by atoms with Crippen molar-refractivity contribution in [2.45, 2.75) is 38.8 Å². The molecule has 4 nitrogen and oxygen atoms in total. The van der Waals surface area contributed by atoms with E-state index in [4.69, 9.17) is 5.73 Å². The second-order valence-corrected chi connectivity index (χ2v) is 4.77. The Morgan fingerprint density at radius 2 is 2.22 bits per heavy atom. The third-order valence-corrected chi connectivity index (χ3v) is 3.46. The normalized spacial score (nSPS) is 20.4. The van der Waals surface area contributed by atoms with Gasteiger partial charge in [0.1, 0.15) is 5.75 Å². The smallest absolute Gasteiger partial charge is 0.138 e. The number of pyridine rings is 1. The summed E-state index contributed by atoms with van der Waals surface area (Å²) in [5.74, 6) is 0.289. The van der Waals surface area contributed by atoms with E-state index in [2.05, 4.69) is 9.88 Å². The van der Waals surface area contributed by atoms with E-state index >= 15 is 0 Å². The third-order valence-electron chi connectivity index (χ3n) is 3.46. The molecule has 18 heavy (non-hydrogen) atoms. The number of aryl methyl sites for hydroxylation is 1. The molecule has 1 unspecified atom stereocenters. The molecule has 1 atom stereocenters. The van der Waals surface area contributed by atoms with Crippen molar-refractivity contribution in [3.8, 4) is 5.75 Å². The number of aromatic hydroxyl groups is 1. The molecular weight excluding hydrogens is 250 g/mol. The minimum Gasteiger partial charge on any atom is -0.506 e. The van der Waals surface area contributed by atoms with Crippen molar-refractivity contribution in [3.63, 3.8) is 0 Å². The third kappa shape index (κ3) is 3.57. The van der Waals surface area contributed by atoms with Crippen LogP contribution in [0, 0.1) is 6.92 Å².